The highest BCUT2D eigenvalue weighted by molar-refractivity contribution is 5.73. The summed E-state index contributed by atoms with van der Waals surface area (Å²) >= 11 is 0. The lowest BCUT2D eigenvalue weighted by molar-refractivity contribution is 0.160. The largest absolute Gasteiger partial charge is 0.338 e. The number of piperidine rings is 2. The van der Waals surface area contributed by atoms with Crippen LogP contribution in [0.15, 0.2) is 60.7 Å². The van der Waals surface area contributed by atoms with Gasteiger partial charge in [0.2, 0.25) is 0 Å². The van der Waals surface area contributed by atoms with Crippen LogP contribution >= 0.6 is 0 Å². The van der Waals surface area contributed by atoms with Crippen LogP contribution in [0.1, 0.15) is 36.8 Å². The van der Waals surface area contributed by atoms with E-state index in [-0.39, 0.29) is 6.03 Å². The molecule has 0 saturated carbocycles. The van der Waals surface area contributed by atoms with Gasteiger partial charge >= 0.3 is 6.03 Å². The summed E-state index contributed by atoms with van der Waals surface area (Å²) in [6.45, 7) is 7.97. The molecule has 0 radical (unpaired) electrons. The fraction of sp³-hybridized carbons (Fsp3) is 0.519. The third-order valence-electron chi connectivity index (χ3n) is 6.81. The van der Waals surface area contributed by atoms with Gasteiger partial charge in [-0.1, -0.05) is 60.7 Å². The number of hydrogen-bond donors (Lipinski definition) is 2. The van der Waals surface area contributed by atoms with E-state index in [1.807, 2.05) is 0 Å². The Morgan fingerprint density at radius 2 is 1.16 bits per heavy atom. The highest BCUT2D eigenvalue weighted by Crippen LogP contribution is 2.19. The summed E-state index contributed by atoms with van der Waals surface area (Å²) in [4.78, 5) is 17.5. The Hall–Kier alpha value is -2.37. The minimum absolute atomic E-state index is 0.00892. The molecule has 2 N–H and O–H groups in total. The number of amides is 2. The first-order valence-corrected chi connectivity index (χ1v) is 12.3. The van der Waals surface area contributed by atoms with Crippen molar-refractivity contribution in [1.82, 2.24) is 20.4 Å². The Morgan fingerprint density at radius 1 is 0.719 bits per heavy atom. The van der Waals surface area contributed by atoms with Gasteiger partial charge in [0.15, 0.2) is 0 Å². The van der Waals surface area contributed by atoms with Crippen molar-refractivity contribution in [3.63, 3.8) is 0 Å². The minimum atomic E-state index is -0.00892. The molecule has 4 rings (SSSR count). The third-order valence-corrected chi connectivity index (χ3v) is 6.81. The van der Waals surface area contributed by atoms with Crippen molar-refractivity contribution in [2.75, 3.05) is 39.3 Å². The molecule has 0 unspecified atom stereocenters. The molecule has 0 spiro atoms. The number of carbonyl (C=O) groups is 1. The second kappa shape index (κ2) is 12.0. The Labute approximate surface area is 193 Å². The summed E-state index contributed by atoms with van der Waals surface area (Å²) in [5.41, 5.74) is 2.74. The molecule has 2 aliphatic heterocycles. The van der Waals surface area contributed by atoms with E-state index in [0.29, 0.717) is 11.8 Å². The molecule has 172 valence electrons. The molecule has 2 aromatic carbocycles. The van der Waals surface area contributed by atoms with Gasteiger partial charge in [-0.15, -0.1) is 0 Å². The van der Waals surface area contributed by atoms with Crippen LogP contribution in [-0.2, 0) is 13.1 Å². The van der Waals surface area contributed by atoms with E-state index in [2.05, 4.69) is 81.1 Å². The summed E-state index contributed by atoms with van der Waals surface area (Å²) in [6.07, 6.45) is 4.81. The lowest BCUT2D eigenvalue weighted by Crippen LogP contribution is -2.46. The topological polar surface area (TPSA) is 47.6 Å². The number of urea groups is 1. The molecule has 2 aromatic rings. The fourth-order valence-corrected chi connectivity index (χ4v) is 5.14. The van der Waals surface area contributed by atoms with Gasteiger partial charge in [0.05, 0.1) is 0 Å². The summed E-state index contributed by atoms with van der Waals surface area (Å²) < 4.78 is 0. The second-order valence-corrected chi connectivity index (χ2v) is 9.55. The second-order valence-electron chi connectivity index (χ2n) is 9.55. The summed E-state index contributed by atoms with van der Waals surface area (Å²) in [5.74, 6) is 1.07. The van der Waals surface area contributed by atoms with Gasteiger partial charge in [0, 0.05) is 39.3 Å². The Bertz CT molecular complexity index is 745. The van der Waals surface area contributed by atoms with E-state index in [9.17, 15) is 4.79 Å². The number of nitrogens with one attached hydrogen (secondary N) is 2. The quantitative estimate of drug-likeness (QED) is 0.657. The molecule has 5 nitrogen and oxygen atoms in total. The lowest BCUT2D eigenvalue weighted by Gasteiger charge is -2.33. The molecule has 32 heavy (non-hydrogen) atoms. The SMILES string of the molecule is O=C(NC[C@H]1CCCN(Cc2ccccc2)C1)NC[C@@H]1CCCN(Cc2ccccc2)C1. The molecule has 0 aliphatic carbocycles. The van der Waals surface area contributed by atoms with E-state index in [1.165, 1.54) is 36.8 Å². The molecule has 2 fully saturated rings. The standard InChI is InChI=1S/C27H38N4O/c32-27(28-17-25-13-7-15-30(21-25)19-23-9-3-1-4-10-23)29-18-26-14-8-16-31(22-26)20-24-11-5-2-6-12-24/h1-6,9-12,25-26H,7-8,13-22H2,(H2,28,29,32)/t25-,26+. The van der Waals surface area contributed by atoms with Crippen LogP contribution in [0, 0.1) is 11.8 Å². The van der Waals surface area contributed by atoms with E-state index < -0.39 is 0 Å². The first kappa shape index (κ1) is 22.8. The summed E-state index contributed by atoms with van der Waals surface area (Å²) in [6, 6.07) is 21.3. The molecule has 0 bridgehead atoms. The maximum Gasteiger partial charge on any atom is 0.314 e. The van der Waals surface area contributed by atoms with E-state index in [1.54, 1.807) is 0 Å². The van der Waals surface area contributed by atoms with Crippen molar-refractivity contribution < 1.29 is 4.79 Å². The average molecular weight is 435 g/mol. The van der Waals surface area contributed by atoms with Crippen molar-refractivity contribution in [3.8, 4) is 0 Å². The number of likely N-dealkylation sites (tertiary alicyclic amines) is 2. The molecule has 2 aliphatic rings. The van der Waals surface area contributed by atoms with Crippen LogP contribution in [-0.4, -0.2) is 55.1 Å². The predicted octanol–water partition coefficient (Wildman–Crippen LogP) is 4.11. The monoisotopic (exact) mass is 434 g/mol. The number of rotatable bonds is 8. The summed E-state index contributed by atoms with van der Waals surface area (Å²) in [7, 11) is 0. The average Bonchev–Trinajstić information content (AvgIpc) is 2.83. The Balaban J connectivity index is 1.13. The molecule has 2 heterocycles. The van der Waals surface area contributed by atoms with Crippen LogP contribution in [0.3, 0.4) is 0 Å². The fourth-order valence-electron chi connectivity index (χ4n) is 5.14. The normalized spacial score (nSPS) is 22.4. The van der Waals surface area contributed by atoms with Crippen molar-refractivity contribution in [1.29, 1.82) is 0 Å². The zero-order valence-corrected chi connectivity index (χ0v) is 19.2. The maximum atomic E-state index is 12.4. The molecule has 2 atom stereocenters. The first-order chi connectivity index (χ1) is 15.7. The van der Waals surface area contributed by atoms with Gasteiger partial charge in [-0.25, -0.2) is 4.79 Å². The number of benzene rings is 2. The van der Waals surface area contributed by atoms with E-state index >= 15 is 0 Å². The molecular formula is C27H38N4O. The van der Waals surface area contributed by atoms with Gasteiger partial charge in [-0.3, -0.25) is 9.80 Å². The van der Waals surface area contributed by atoms with Crippen molar-refractivity contribution >= 4 is 6.03 Å². The van der Waals surface area contributed by atoms with Crippen LogP contribution in [0.4, 0.5) is 4.79 Å². The van der Waals surface area contributed by atoms with Crippen molar-refractivity contribution in [2.45, 2.75) is 38.8 Å². The number of carbonyl (C=O) groups excluding carboxylic acids is 1. The number of nitrogens with zero attached hydrogens (tertiary/aromatic N) is 2. The highest BCUT2D eigenvalue weighted by atomic mass is 16.2. The van der Waals surface area contributed by atoms with Gasteiger partial charge in [-0.2, -0.15) is 0 Å². The predicted molar refractivity (Wildman–Crippen MR) is 130 cm³/mol. The van der Waals surface area contributed by atoms with E-state index in [4.69, 9.17) is 0 Å². The van der Waals surface area contributed by atoms with Crippen LogP contribution in [0.2, 0.25) is 0 Å². The third kappa shape index (κ3) is 7.35. The van der Waals surface area contributed by atoms with Crippen molar-refractivity contribution in [3.05, 3.63) is 71.8 Å². The lowest BCUT2D eigenvalue weighted by atomic mass is 9.97. The Morgan fingerprint density at radius 3 is 1.59 bits per heavy atom. The Kier molecular flexibility index (Phi) is 8.57. The number of hydrogen-bond acceptors (Lipinski definition) is 3. The van der Waals surface area contributed by atoms with Crippen LogP contribution in [0.5, 0.6) is 0 Å². The van der Waals surface area contributed by atoms with Gasteiger partial charge in [-0.05, 0) is 61.7 Å². The zero-order chi connectivity index (χ0) is 22.0. The smallest absolute Gasteiger partial charge is 0.314 e. The zero-order valence-electron chi connectivity index (χ0n) is 19.2. The molecule has 2 saturated heterocycles. The molecule has 2 amide bonds. The van der Waals surface area contributed by atoms with Crippen LogP contribution in [0.25, 0.3) is 0 Å². The first-order valence-electron chi connectivity index (χ1n) is 12.3. The maximum absolute atomic E-state index is 12.4. The van der Waals surface area contributed by atoms with Crippen LogP contribution < -0.4 is 10.6 Å². The molecule has 0 aromatic heterocycles. The minimum Gasteiger partial charge on any atom is -0.338 e. The van der Waals surface area contributed by atoms with Gasteiger partial charge < -0.3 is 10.6 Å². The van der Waals surface area contributed by atoms with E-state index in [0.717, 1.165) is 52.4 Å². The van der Waals surface area contributed by atoms with Crippen molar-refractivity contribution in [2.24, 2.45) is 11.8 Å². The highest BCUT2D eigenvalue weighted by Gasteiger charge is 2.22. The summed E-state index contributed by atoms with van der Waals surface area (Å²) in [5, 5.41) is 6.27. The molecular weight excluding hydrogens is 396 g/mol. The van der Waals surface area contributed by atoms with Gasteiger partial charge in [0.1, 0.15) is 0 Å². The molecule has 5 heteroatoms. The van der Waals surface area contributed by atoms with Gasteiger partial charge in [0.25, 0.3) is 0 Å².